The van der Waals surface area contributed by atoms with Crippen LogP contribution in [0.2, 0.25) is 0 Å². The minimum absolute atomic E-state index is 0.0834. The van der Waals surface area contributed by atoms with Gasteiger partial charge in [-0.15, -0.1) is 0 Å². The molecule has 0 radical (unpaired) electrons. The molecule has 146 valence electrons. The molecule has 0 saturated carbocycles. The fourth-order valence-corrected chi connectivity index (χ4v) is 4.16. The summed E-state index contributed by atoms with van der Waals surface area (Å²) in [4.78, 5) is 16.5. The van der Waals surface area contributed by atoms with Crippen molar-refractivity contribution in [2.75, 3.05) is 10.0 Å². The molecular weight excluding hydrogens is 390 g/mol. The lowest BCUT2D eigenvalue weighted by molar-refractivity contribution is 0.0996. The van der Waals surface area contributed by atoms with Crippen LogP contribution in [0.25, 0.3) is 10.9 Å². The Hall–Kier alpha value is -3.65. The van der Waals surface area contributed by atoms with Crippen LogP contribution in [0.4, 0.5) is 11.4 Å². The quantitative estimate of drug-likeness (QED) is 0.517. The van der Waals surface area contributed by atoms with Gasteiger partial charge in [0.25, 0.3) is 15.9 Å². The van der Waals surface area contributed by atoms with Crippen LogP contribution < -0.4 is 10.0 Å². The highest BCUT2D eigenvalue weighted by Crippen LogP contribution is 2.25. The Morgan fingerprint density at radius 2 is 1.79 bits per heavy atom. The molecule has 0 saturated heterocycles. The number of nitrogens with one attached hydrogen (secondary N) is 2. The summed E-state index contributed by atoms with van der Waals surface area (Å²) in [5.74, 6) is -0.267. The van der Waals surface area contributed by atoms with Crippen LogP contribution in [-0.2, 0) is 10.0 Å². The number of aryl methyl sites for hydroxylation is 1. The Morgan fingerprint density at radius 3 is 2.59 bits per heavy atom. The number of para-hydroxylation sites is 1. The van der Waals surface area contributed by atoms with Gasteiger partial charge in [-0.25, -0.2) is 8.42 Å². The number of aromatic nitrogens is 1. The van der Waals surface area contributed by atoms with Gasteiger partial charge >= 0.3 is 0 Å². The second-order valence-corrected chi connectivity index (χ2v) is 8.11. The predicted octanol–water partition coefficient (Wildman–Crippen LogP) is 4.19. The maximum Gasteiger partial charge on any atom is 0.291 e. The van der Waals surface area contributed by atoms with Crippen molar-refractivity contribution < 1.29 is 17.6 Å². The zero-order chi connectivity index (χ0) is 20.4. The molecule has 4 aromatic rings. The summed E-state index contributed by atoms with van der Waals surface area (Å²) < 4.78 is 33.5. The summed E-state index contributed by atoms with van der Waals surface area (Å²) in [7, 11) is -3.88. The maximum atomic E-state index is 13.0. The molecule has 0 fully saturated rings. The molecule has 4 rings (SSSR count). The molecule has 2 aromatic carbocycles. The van der Waals surface area contributed by atoms with Gasteiger partial charge in [0.15, 0.2) is 5.76 Å². The highest BCUT2D eigenvalue weighted by molar-refractivity contribution is 7.93. The number of carbonyl (C=O) groups is 1. The Morgan fingerprint density at radius 1 is 1.00 bits per heavy atom. The van der Waals surface area contributed by atoms with Crippen molar-refractivity contribution in [3.05, 3.63) is 84.4 Å². The molecule has 0 bridgehead atoms. The Balaban J connectivity index is 1.61. The minimum Gasteiger partial charge on any atom is -0.459 e. The molecule has 0 aliphatic heterocycles. The van der Waals surface area contributed by atoms with Crippen molar-refractivity contribution in [2.45, 2.75) is 11.8 Å². The van der Waals surface area contributed by atoms with Crippen LogP contribution in [0, 0.1) is 6.92 Å². The van der Waals surface area contributed by atoms with Gasteiger partial charge in [-0.05, 0) is 55.0 Å². The number of amides is 1. The number of fused-ring (bicyclic) bond motifs is 1. The third-order valence-corrected chi connectivity index (χ3v) is 5.63. The van der Waals surface area contributed by atoms with E-state index in [-0.39, 0.29) is 10.7 Å². The Kier molecular flexibility index (Phi) is 4.77. The summed E-state index contributed by atoms with van der Waals surface area (Å²) in [5, 5.41) is 3.41. The molecule has 2 heterocycles. The standard InChI is InChI=1S/C21H17N3O4S/c1-14-11-15-5-2-9-19(20(15)22-13-14)29(26,27)24-17-7-3-6-16(12-17)23-21(25)18-8-4-10-28-18/h2-13,24H,1H3,(H,23,25). The van der Waals surface area contributed by atoms with E-state index in [1.54, 1.807) is 36.5 Å². The number of hydrogen-bond acceptors (Lipinski definition) is 5. The van der Waals surface area contributed by atoms with E-state index in [0.29, 0.717) is 16.9 Å². The van der Waals surface area contributed by atoms with Gasteiger partial charge in [0, 0.05) is 17.3 Å². The van der Waals surface area contributed by atoms with Gasteiger partial charge in [-0.3, -0.25) is 14.5 Å². The largest absolute Gasteiger partial charge is 0.459 e. The minimum atomic E-state index is -3.88. The van der Waals surface area contributed by atoms with Crippen LogP contribution in [0.15, 0.2) is 82.4 Å². The first kappa shape index (κ1) is 18.7. The van der Waals surface area contributed by atoms with Crippen molar-refractivity contribution in [1.29, 1.82) is 0 Å². The molecule has 0 aliphatic carbocycles. The molecule has 8 heteroatoms. The highest BCUT2D eigenvalue weighted by atomic mass is 32.2. The molecular formula is C21H17N3O4S. The van der Waals surface area contributed by atoms with E-state index in [0.717, 1.165) is 10.9 Å². The van der Waals surface area contributed by atoms with E-state index in [9.17, 15) is 13.2 Å². The van der Waals surface area contributed by atoms with E-state index in [1.165, 1.54) is 24.5 Å². The Bertz CT molecular complexity index is 1300. The topological polar surface area (TPSA) is 101 Å². The normalized spacial score (nSPS) is 11.3. The average Bonchev–Trinajstić information content (AvgIpc) is 3.22. The maximum absolute atomic E-state index is 13.0. The first-order valence-corrected chi connectivity index (χ1v) is 10.2. The summed E-state index contributed by atoms with van der Waals surface area (Å²) in [6, 6.07) is 16.5. The van der Waals surface area contributed by atoms with Crippen LogP contribution in [0.1, 0.15) is 16.1 Å². The average molecular weight is 407 g/mol. The molecule has 29 heavy (non-hydrogen) atoms. The van der Waals surface area contributed by atoms with Crippen molar-refractivity contribution in [3.8, 4) is 0 Å². The van der Waals surface area contributed by atoms with E-state index < -0.39 is 15.9 Å². The molecule has 0 spiro atoms. The van der Waals surface area contributed by atoms with Crippen molar-refractivity contribution in [2.24, 2.45) is 0 Å². The fourth-order valence-electron chi connectivity index (χ4n) is 2.93. The first-order chi connectivity index (χ1) is 13.9. The second kappa shape index (κ2) is 7.40. The number of pyridine rings is 1. The monoisotopic (exact) mass is 407 g/mol. The number of sulfonamides is 1. The van der Waals surface area contributed by atoms with Gasteiger partial charge in [-0.1, -0.05) is 18.2 Å². The lowest BCUT2D eigenvalue weighted by atomic mass is 10.2. The molecule has 0 atom stereocenters. The van der Waals surface area contributed by atoms with Crippen LogP contribution in [0.3, 0.4) is 0 Å². The SMILES string of the molecule is Cc1cnc2c(S(=O)(=O)Nc3cccc(NC(=O)c4ccco4)c3)cccc2c1. The number of rotatable bonds is 5. The predicted molar refractivity (Wildman–Crippen MR) is 110 cm³/mol. The number of benzene rings is 2. The zero-order valence-corrected chi connectivity index (χ0v) is 16.2. The summed E-state index contributed by atoms with van der Waals surface area (Å²) in [5.41, 5.74) is 2.08. The van der Waals surface area contributed by atoms with Gasteiger partial charge < -0.3 is 9.73 Å². The lowest BCUT2D eigenvalue weighted by Crippen LogP contribution is -2.15. The van der Waals surface area contributed by atoms with E-state index in [2.05, 4.69) is 15.0 Å². The third kappa shape index (κ3) is 3.97. The number of carbonyl (C=O) groups excluding carboxylic acids is 1. The zero-order valence-electron chi connectivity index (χ0n) is 15.4. The summed E-state index contributed by atoms with van der Waals surface area (Å²) in [6.07, 6.45) is 3.03. The van der Waals surface area contributed by atoms with E-state index in [1.807, 2.05) is 19.1 Å². The van der Waals surface area contributed by atoms with Crippen LogP contribution in [-0.4, -0.2) is 19.3 Å². The molecule has 0 aliphatic rings. The number of furan rings is 1. The van der Waals surface area contributed by atoms with Crippen molar-refractivity contribution >= 4 is 38.2 Å². The van der Waals surface area contributed by atoms with E-state index >= 15 is 0 Å². The summed E-state index contributed by atoms with van der Waals surface area (Å²) >= 11 is 0. The molecule has 0 unspecified atom stereocenters. The molecule has 2 N–H and O–H groups in total. The van der Waals surface area contributed by atoms with Crippen molar-refractivity contribution in [1.82, 2.24) is 4.98 Å². The summed E-state index contributed by atoms with van der Waals surface area (Å²) in [6.45, 7) is 1.90. The third-order valence-electron chi connectivity index (χ3n) is 4.22. The molecule has 7 nitrogen and oxygen atoms in total. The van der Waals surface area contributed by atoms with E-state index in [4.69, 9.17) is 4.42 Å². The Labute approximate surface area is 167 Å². The molecule has 2 aromatic heterocycles. The molecule has 1 amide bonds. The van der Waals surface area contributed by atoms with Crippen molar-refractivity contribution in [3.63, 3.8) is 0 Å². The van der Waals surface area contributed by atoms with Crippen LogP contribution in [0.5, 0.6) is 0 Å². The number of nitrogens with zero attached hydrogens (tertiary/aromatic N) is 1. The van der Waals surface area contributed by atoms with Gasteiger partial charge in [0.2, 0.25) is 0 Å². The number of anilines is 2. The fraction of sp³-hybridized carbons (Fsp3) is 0.0476. The van der Waals surface area contributed by atoms with Gasteiger partial charge in [0.1, 0.15) is 4.90 Å². The first-order valence-electron chi connectivity index (χ1n) is 8.75. The highest BCUT2D eigenvalue weighted by Gasteiger charge is 2.19. The van der Waals surface area contributed by atoms with Crippen LogP contribution >= 0.6 is 0 Å². The lowest BCUT2D eigenvalue weighted by Gasteiger charge is -2.11. The van der Waals surface area contributed by atoms with Gasteiger partial charge in [-0.2, -0.15) is 0 Å². The number of hydrogen-bond donors (Lipinski definition) is 2. The second-order valence-electron chi connectivity index (χ2n) is 6.46. The smallest absolute Gasteiger partial charge is 0.291 e. The van der Waals surface area contributed by atoms with Gasteiger partial charge in [0.05, 0.1) is 17.5 Å².